The summed E-state index contributed by atoms with van der Waals surface area (Å²) in [5.41, 5.74) is 3.71. The zero-order valence-electron chi connectivity index (χ0n) is 11.8. The zero-order chi connectivity index (χ0) is 15.2. The van der Waals surface area contributed by atoms with E-state index in [0.29, 0.717) is 17.7 Å². The van der Waals surface area contributed by atoms with Crippen LogP contribution in [0.25, 0.3) is 0 Å². The van der Waals surface area contributed by atoms with Crippen LogP contribution in [-0.2, 0) is 6.54 Å². The van der Waals surface area contributed by atoms with Gasteiger partial charge in [0.1, 0.15) is 6.61 Å². The molecule has 0 saturated heterocycles. The molecule has 0 saturated carbocycles. The number of amides is 1. The first kappa shape index (κ1) is 15.2. The Labute approximate surface area is 127 Å². The van der Waals surface area contributed by atoms with Crippen molar-refractivity contribution in [3.63, 3.8) is 0 Å². The fourth-order valence-electron chi connectivity index (χ4n) is 1.79. The fraction of sp³-hybridized carbons (Fsp3) is 0.267. The molecule has 0 aliphatic rings. The van der Waals surface area contributed by atoms with E-state index in [1.54, 1.807) is 29.7 Å². The topological polar surface area (TPSA) is 66.3 Å². The van der Waals surface area contributed by atoms with Crippen molar-refractivity contribution >= 4 is 17.2 Å². The predicted molar refractivity (Wildman–Crippen MR) is 80.8 cm³/mol. The third-order valence-corrected chi connectivity index (χ3v) is 3.85. The van der Waals surface area contributed by atoms with E-state index in [4.69, 9.17) is 5.11 Å². The summed E-state index contributed by atoms with van der Waals surface area (Å²) in [5.74, 6) is 5.16. The molecule has 108 valence electrons. The van der Waals surface area contributed by atoms with Gasteiger partial charge in [0, 0.05) is 24.3 Å². The lowest BCUT2D eigenvalue weighted by molar-refractivity contribution is 0.0786. The second kappa shape index (κ2) is 6.97. The molecule has 0 aliphatic carbocycles. The van der Waals surface area contributed by atoms with Crippen LogP contribution in [0.15, 0.2) is 24.0 Å². The molecule has 0 unspecified atom stereocenters. The molecular formula is C15H15N3O2S. The van der Waals surface area contributed by atoms with Crippen molar-refractivity contribution in [1.29, 1.82) is 0 Å². The molecule has 5 nitrogen and oxygen atoms in total. The molecule has 0 atom stereocenters. The van der Waals surface area contributed by atoms with Crippen LogP contribution in [0.5, 0.6) is 0 Å². The molecule has 0 aliphatic heterocycles. The molecule has 6 heteroatoms. The summed E-state index contributed by atoms with van der Waals surface area (Å²) in [6.45, 7) is 2.18. The van der Waals surface area contributed by atoms with Gasteiger partial charge in [-0.3, -0.25) is 9.78 Å². The van der Waals surface area contributed by atoms with E-state index < -0.39 is 0 Å². The number of rotatable bonds is 3. The van der Waals surface area contributed by atoms with Crippen molar-refractivity contribution in [3.05, 3.63) is 45.7 Å². The quantitative estimate of drug-likeness (QED) is 0.872. The van der Waals surface area contributed by atoms with Gasteiger partial charge in [-0.05, 0) is 13.0 Å². The van der Waals surface area contributed by atoms with Gasteiger partial charge in [-0.15, -0.1) is 11.3 Å². The summed E-state index contributed by atoms with van der Waals surface area (Å²) in [6.07, 6.45) is 3.09. The maximum Gasteiger partial charge on any atom is 0.255 e. The van der Waals surface area contributed by atoms with E-state index in [1.807, 2.05) is 6.92 Å². The summed E-state index contributed by atoms with van der Waals surface area (Å²) < 4.78 is 0. The Bertz CT molecular complexity index is 700. The molecule has 0 aromatic carbocycles. The number of nitrogens with zero attached hydrogens (tertiary/aromatic N) is 3. The number of hydrogen-bond acceptors (Lipinski definition) is 5. The maximum atomic E-state index is 12.5. The van der Waals surface area contributed by atoms with Gasteiger partial charge in [0.2, 0.25) is 0 Å². The molecule has 1 amide bonds. The number of aryl methyl sites for hydroxylation is 1. The van der Waals surface area contributed by atoms with Gasteiger partial charge < -0.3 is 10.0 Å². The van der Waals surface area contributed by atoms with Crippen LogP contribution in [0, 0.1) is 18.8 Å². The molecule has 0 radical (unpaired) electrons. The summed E-state index contributed by atoms with van der Waals surface area (Å²) in [7, 11) is 1.74. The molecule has 21 heavy (non-hydrogen) atoms. The average Bonchev–Trinajstić information content (AvgIpc) is 2.90. The number of carbonyl (C=O) groups excluding carboxylic acids is 1. The largest absolute Gasteiger partial charge is 0.384 e. The summed E-state index contributed by atoms with van der Waals surface area (Å²) in [6, 6.07) is 1.64. The first-order chi connectivity index (χ1) is 10.1. The Morgan fingerprint density at radius 2 is 2.33 bits per heavy atom. The minimum Gasteiger partial charge on any atom is -0.384 e. The van der Waals surface area contributed by atoms with Crippen molar-refractivity contribution in [3.8, 4) is 11.8 Å². The first-order valence-corrected chi connectivity index (χ1v) is 7.19. The lowest BCUT2D eigenvalue weighted by atomic mass is 10.1. The van der Waals surface area contributed by atoms with E-state index in [1.165, 1.54) is 17.5 Å². The van der Waals surface area contributed by atoms with Gasteiger partial charge in [-0.1, -0.05) is 11.8 Å². The highest BCUT2D eigenvalue weighted by molar-refractivity contribution is 7.09. The first-order valence-electron chi connectivity index (χ1n) is 6.31. The van der Waals surface area contributed by atoms with Crippen LogP contribution in [0.3, 0.4) is 0 Å². The Balaban J connectivity index is 2.21. The Hall–Kier alpha value is -2.23. The van der Waals surface area contributed by atoms with Crippen molar-refractivity contribution in [2.75, 3.05) is 13.7 Å². The highest BCUT2D eigenvalue weighted by atomic mass is 32.1. The van der Waals surface area contributed by atoms with Crippen LogP contribution in [0.4, 0.5) is 0 Å². The molecule has 2 aromatic heterocycles. The highest BCUT2D eigenvalue weighted by Gasteiger charge is 2.16. The molecule has 2 heterocycles. The molecule has 1 N–H and O–H groups in total. The number of aliphatic hydroxyl groups excluding tert-OH is 1. The molecule has 0 spiro atoms. The van der Waals surface area contributed by atoms with E-state index >= 15 is 0 Å². The van der Waals surface area contributed by atoms with Crippen LogP contribution >= 0.6 is 11.3 Å². The molecule has 2 rings (SSSR count). The third-order valence-electron chi connectivity index (χ3n) is 2.93. The number of pyridine rings is 1. The highest BCUT2D eigenvalue weighted by Crippen LogP contribution is 2.16. The van der Waals surface area contributed by atoms with E-state index in [-0.39, 0.29) is 12.5 Å². The normalized spacial score (nSPS) is 9.86. The van der Waals surface area contributed by atoms with Crippen LogP contribution in [0.2, 0.25) is 0 Å². The number of aliphatic hydroxyl groups is 1. The lowest BCUT2D eigenvalue weighted by Crippen LogP contribution is -2.27. The van der Waals surface area contributed by atoms with Crippen molar-refractivity contribution in [1.82, 2.24) is 14.9 Å². The molecule has 2 aromatic rings. The third kappa shape index (κ3) is 3.66. The van der Waals surface area contributed by atoms with Gasteiger partial charge in [-0.2, -0.15) is 0 Å². The van der Waals surface area contributed by atoms with Gasteiger partial charge in [0.05, 0.1) is 28.9 Å². The predicted octanol–water partition coefficient (Wildman–Crippen LogP) is 1.46. The Kier molecular flexibility index (Phi) is 5.04. The van der Waals surface area contributed by atoms with Crippen molar-refractivity contribution in [2.24, 2.45) is 0 Å². The summed E-state index contributed by atoms with van der Waals surface area (Å²) in [4.78, 5) is 23.3. The standard InChI is InChI=1S/C15H15N3O2S/c1-11-14(21-10-17-11)9-18(2)15(20)13-5-6-16-8-12(13)4-3-7-19/h5-6,8,10,19H,7,9H2,1-2H3. The van der Waals surface area contributed by atoms with E-state index in [9.17, 15) is 4.79 Å². The molecule has 0 fully saturated rings. The fourth-order valence-corrected chi connectivity index (χ4v) is 2.62. The SMILES string of the molecule is Cc1ncsc1CN(C)C(=O)c1ccncc1C#CCO. The van der Waals surface area contributed by atoms with Crippen LogP contribution < -0.4 is 0 Å². The van der Waals surface area contributed by atoms with Crippen LogP contribution in [-0.4, -0.2) is 39.5 Å². The van der Waals surface area contributed by atoms with Crippen LogP contribution in [0.1, 0.15) is 26.5 Å². The minimum absolute atomic E-state index is 0.132. The average molecular weight is 301 g/mol. The van der Waals surface area contributed by atoms with Gasteiger partial charge in [0.15, 0.2) is 0 Å². The summed E-state index contributed by atoms with van der Waals surface area (Å²) >= 11 is 1.53. The summed E-state index contributed by atoms with van der Waals surface area (Å²) in [5, 5.41) is 8.77. The molecular weight excluding hydrogens is 286 g/mol. The number of aromatic nitrogens is 2. The maximum absolute atomic E-state index is 12.5. The van der Waals surface area contributed by atoms with Crippen molar-refractivity contribution < 1.29 is 9.90 Å². The zero-order valence-corrected chi connectivity index (χ0v) is 12.6. The van der Waals surface area contributed by atoms with E-state index in [0.717, 1.165) is 10.6 Å². The van der Waals surface area contributed by atoms with Crippen molar-refractivity contribution in [2.45, 2.75) is 13.5 Å². The lowest BCUT2D eigenvalue weighted by Gasteiger charge is -2.17. The number of thiazole rings is 1. The van der Waals surface area contributed by atoms with Gasteiger partial charge in [-0.25, -0.2) is 4.98 Å². The van der Waals surface area contributed by atoms with Gasteiger partial charge >= 0.3 is 0 Å². The monoisotopic (exact) mass is 301 g/mol. The van der Waals surface area contributed by atoms with Gasteiger partial charge in [0.25, 0.3) is 5.91 Å². The van der Waals surface area contributed by atoms with E-state index in [2.05, 4.69) is 21.8 Å². The Morgan fingerprint density at radius 3 is 3.00 bits per heavy atom. The number of carbonyl (C=O) groups is 1. The minimum atomic E-state index is -0.252. The smallest absolute Gasteiger partial charge is 0.255 e. The second-order valence-electron chi connectivity index (χ2n) is 4.40. The second-order valence-corrected chi connectivity index (χ2v) is 5.34. The number of hydrogen-bond donors (Lipinski definition) is 1. The Morgan fingerprint density at radius 1 is 1.52 bits per heavy atom. The molecule has 0 bridgehead atoms.